The van der Waals surface area contributed by atoms with E-state index < -0.39 is 0 Å². The summed E-state index contributed by atoms with van der Waals surface area (Å²) >= 11 is 0. The predicted octanol–water partition coefficient (Wildman–Crippen LogP) is 2.50. The highest BCUT2D eigenvalue weighted by atomic mass is 16.7. The van der Waals surface area contributed by atoms with Crippen molar-refractivity contribution in [2.45, 2.75) is 19.4 Å². The second-order valence-electron chi connectivity index (χ2n) is 4.33. The van der Waals surface area contributed by atoms with Gasteiger partial charge < -0.3 is 4.84 Å². The molecule has 3 rings (SSSR count). The van der Waals surface area contributed by atoms with E-state index in [4.69, 9.17) is 4.84 Å². The van der Waals surface area contributed by atoms with Crippen LogP contribution in [0.4, 0.5) is 0 Å². The fourth-order valence-electron chi connectivity index (χ4n) is 2.50. The van der Waals surface area contributed by atoms with E-state index in [1.807, 2.05) is 6.07 Å². The van der Waals surface area contributed by atoms with E-state index >= 15 is 0 Å². The molecule has 1 aliphatic rings. The van der Waals surface area contributed by atoms with E-state index in [0.717, 1.165) is 6.42 Å². The summed E-state index contributed by atoms with van der Waals surface area (Å²) in [6.07, 6.45) is 0.865. The molecule has 3 heteroatoms. The number of carbonyl (C=O) groups excluding carboxylic acids is 1. The van der Waals surface area contributed by atoms with Crippen LogP contribution in [-0.4, -0.2) is 5.97 Å². The molecular weight excluding hydrogens is 214 g/mol. The minimum Gasteiger partial charge on any atom is -0.370 e. The number of rotatable bonds is 2. The highest BCUT2D eigenvalue weighted by Crippen LogP contribution is 2.36. The van der Waals surface area contributed by atoms with Gasteiger partial charge in [-0.05, 0) is 28.3 Å². The van der Waals surface area contributed by atoms with Gasteiger partial charge in [0.05, 0.1) is 6.04 Å². The lowest BCUT2D eigenvalue weighted by molar-refractivity contribution is -0.150. The summed E-state index contributed by atoms with van der Waals surface area (Å²) in [4.78, 5) is 15.7. The molecule has 0 aromatic heterocycles. The molecule has 2 aromatic rings. The van der Waals surface area contributed by atoms with Crippen molar-refractivity contribution >= 4 is 16.7 Å². The van der Waals surface area contributed by atoms with Crippen LogP contribution in [0, 0.1) is 0 Å². The lowest BCUT2D eigenvalue weighted by atomic mass is 10.1. The molecule has 86 valence electrons. The summed E-state index contributed by atoms with van der Waals surface area (Å²) in [6.45, 7) is 1.40. The Kier molecular flexibility index (Phi) is 2.34. The Bertz CT molecular complexity index is 587. The Hall–Kier alpha value is -1.87. The first-order valence-electron chi connectivity index (χ1n) is 5.69. The zero-order valence-electron chi connectivity index (χ0n) is 9.57. The van der Waals surface area contributed by atoms with Crippen molar-refractivity contribution in [1.29, 1.82) is 0 Å². The van der Waals surface area contributed by atoms with Gasteiger partial charge in [0.15, 0.2) is 0 Å². The van der Waals surface area contributed by atoms with Crippen molar-refractivity contribution in [2.75, 3.05) is 0 Å². The van der Waals surface area contributed by atoms with Gasteiger partial charge in [0.2, 0.25) is 0 Å². The fraction of sp³-hybridized carbons (Fsp3) is 0.214. The third kappa shape index (κ3) is 1.68. The van der Waals surface area contributed by atoms with Crippen molar-refractivity contribution in [2.24, 2.45) is 0 Å². The normalized spacial score (nSPS) is 17.4. The summed E-state index contributed by atoms with van der Waals surface area (Å²) in [5.74, 6) is -0.312. The molecule has 1 N–H and O–H groups in total. The van der Waals surface area contributed by atoms with E-state index in [1.54, 1.807) is 0 Å². The number of hydrogen-bond donors (Lipinski definition) is 1. The molecule has 1 atom stereocenters. The van der Waals surface area contributed by atoms with Gasteiger partial charge in [-0.2, -0.15) is 0 Å². The second kappa shape index (κ2) is 3.86. The van der Waals surface area contributed by atoms with Gasteiger partial charge in [-0.3, -0.25) is 4.79 Å². The Balaban J connectivity index is 2.01. The molecule has 0 radical (unpaired) electrons. The van der Waals surface area contributed by atoms with Crippen molar-refractivity contribution in [3.8, 4) is 0 Å². The fourth-order valence-corrected chi connectivity index (χ4v) is 2.50. The third-order valence-corrected chi connectivity index (χ3v) is 3.17. The maximum Gasteiger partial charge on any atom is 0.321 e. The maximum atomic E-state index is 10.8. The van der Waals surface area contributed by atoms with Gasteiger partial charge in [0.25, 0.3) is 0 Å². The largest absolute Gasteiger partial charge is 0.370 e. The highest BCUT2D eigenvalue weighted by Gasteiger charge is 2.24. The molecular formula is C14H13NO2. The van der Waals surface area contributed by atoms with Crippen LogP contribution in [0.5, 0.6) is 0 Å². The van der Waals surface area contributed by atoms with Crippen molar-refractivity contribution in [3.63, 3.8) is 0 Å². The lowest BCUT2D eigenvalue weighted by Crippen LogP contribution is -2.23. The van der Waals surface area contributed by atoms with Crippen molar-refractivity contribution < 1.29 is 9.63 Å². The molecule has 1 aliphatic carbocycles. The smallest absolute Gasteiger partial charge is 0.321 e. The Labute approximate surface area is 99.3 Å². The van der Waals surface area contributed by atoms with E-state index in [9.17, 15) is 4.79 Å². The van der Waals surface area contributed by atoms with Crippen LogP contribution in [-0.2, 0) is 16.1 Å². The topological polar surface area (TPSA) is 38.3 Å². The van der Waals surface area contributed by atoms with Gasteiger partial charge >= 0.3 is 5.97 Å². The summed E-state index contributed by atoms with van der Waals surface area (Å²) in [5.41, 5.74) is 5.35. The van der Waals surface area contributed by atoms with Crippen LogP contribution >= 0.6 is 0 Å². The molecule has 0 heterocycles. The minimum absolute atomic E-state index is 0.0694. The molecule has 0 bridgehead atoms. The average molecular weight is 227 g/mol. The van der Waals surface area contributed by atoms with E-state index in [0.29, 0.717) is 0 Å². The van der Waals surface area contributed by atoms with Crippen LogP contribution in [0.1, 0.15) is 24.1 Å². The first kappa shape index (κ1) is 10.3. The summed E-state index contributed by atoms with van der Waals surface area (Å²) in [5, 5.41) is 2.53. The van der Waals surface area contributed by atoms with E-state index in [-0.39, 0.29) is 12.0 Å². The summed E-state index contributed by atoms with van der Waals surface area (Å²) < 4.78 is 0. The number of benzene rings is 2. The standard InChI is InChI=1S/C14H13NO2/c1-9(16)17-15-13-8-11-6-2-4-10-5-3-7-12(13)14(10)11/h2-7,13,15H,8H2,1H3/t13-/m1/s1. The molecule has 0 saturated carbocycles. The van der Waals surface area contributed by atoms with Crippen LogP contribution in [0.2, 0.25) is 0 Å². The number of carbonyl (C=O) groups is 1. The minimum atomic E-state index is -0.312. The van der Waals surface area contributed by atoms with Crippen molar-refractivity contribution in [1.82, 2.24) is 5.48 Å². The highest BCUT2D eigenvalue weighted by molar-refractivity contribution is 5.91. The molecule has 17 heavy (non-hydrogen) atoms. The SMILES string of the molecule is CC(=O)ON[C@@H]1Cc2cccc3cccc1c23. The van der Waals surface area contributed by atoms with Crippen LogP contribution < -0.4 is 5.48 Å². The molecule has 3 nitrogen and oxygen atoms in total. The average Bonchev–Trinajstić information content (AvgIpc) is 2.68. The second-order valence-corrected chi connectivity index (χ2v) is 4.33. The molecule has 0 spiro atoms. The van der Waals surface area contributed by atoms with Gasteiger partial charge in [-0.15, -0.1) is 5.48 Å². The van der Waals surface area contributed by atoms with Gasteiger partial charge in [-0.1, -0.05) is 36.4 Å². The number of hydroxylamine groups is 1. The first-order chi connectivity index (χ1) is 8.25. The van der Waals surface area contributed by atoms with Gasteiger partial charge in [-0.25, -0.2) is 0 Å². The van der Waals surface area contributed by atoms with Crippen LogP contribution in [0.25, 0.3) is 10.8 Å². The number of hydrogen-bond acceptors (Lipinski definition) is 3. The molecule has 0 amide bonds. The van der Waals surface area contributed by atoms with E-state index in [1.165, 1.54) is 28.8 Å². The first-order valence-corrected chi connectivity index (χ1v) is 5.69. The molecule has 0 aliphatic heterocycles. The maximum absolute atomic E-state index is 10.8. The molecule has 2 aromatic carbocycles. The van der Waals surface area contributed by atoms with Crippen LogP contribution in [0.15, 0.2) is 36.4 Å². The third-order valence-electron chi connectivity index (χ3n) is 3.17. The monoisotopic (exact) mass is 227 g/mol. The number of nitrogens with one attached hydrogen (secondary N) is 1. The van der Waals surface area contributed by atoms with Crippen LogP contribution in [0.3, 0.4) is 0 Å². The molecule has 0 saturated heterocycles. The Morgan fingerprint density at radius 3 is 2.82 bits per heavy atom. The van der Waals surface area contributed by atoms with Gasteiger partial charge in [0, 0.05) is 6.92 Å². The summed E-state index contributed by atoms with van der Waals surface area (Å²) in [6, 6.07) is 12.6. The quantitative estimate of drug-likeness (QED) is 0.801. The summed E-state index contributed by atoms with van der Waals surface area (Å²) in [7, 11) is 0. The van der Waals surface area contributed by atoms with Crippen molar-refractivity contribution in [3.05, 3.63) is 47.5 Å². The van der Waals surface area contributed by atoms with Gasteiger partial charge in [0.1, 0.15) is 0 Å². The molecule has 0 unspecified atom stereocenters. The predicted molar refractivity (Wildman–Crippen MR) is 65.3 cm³/mol. The zero-order chi connectivity index (χ0) is 11.8. The Morgan fingerprint density at radius 1 is 1.29 bits per heavy atom. The zero-order valence-corrected chi connectivity index (χ0v) is 9.57. The Morgan fingerprint density at radius 2 is 2.06 bits per heavy atom. The molecule has 0 fully saturated rings. The lowest BCUT2D eigenvalue weighted by Gasteiger charge is -2.12. The van der Waals surface area contributed by atoms with E-state index in [2.05, 4.69) is 35.8 Å².